The fraction of sp³-hybridized carbons (Fsp3) is 0.333. The summed E-state index contributed by atoms with van der Waals surface area (Å²) in [5.74, 6) is 0.806. The first-order chi connectivity index (χ1) is 12.6. The number of anilines is 1. The minimum absolute atomic E-state index is 0.806. The third-order valence-corrected chi connectivity index (χ3v) is 3.81. The molecule has 0 fully saturated rings. The Morgan fingerprint density at radius 1 is 1.04 bits per heavy atom. The van der Waals surface area contributed by atoms with Crippen molar-refractivity contribution in [1.29, 1.82) is 0 Å². The fourth-order valence-electron chi connectivity index (χ4n) is 2.69. The van der Waals surface area contributed by atoms with E-state index in [0.29, 0.717) is 0 Å². The molecule has 9 heteroatoms. The van der Waals surface area contributed by atoms with Crippen molar-refractivity contribution in [2.24, 2.45) is 0 Å². The Morgan fingerprint density at radius 2 is 1.70 bits per heavy atom. The number of nitrogens with one attached hydrogen (secondary N) is 2. The van der Waals surface area contributed by atoms with Crippen molar-refractivity contribution in [3.05, 3.63) is 40.7 Å². The van der Waals surface area contributed by atoms with Gasteiger partial charge in [-0.25, -0.2) is 28.6 Å². The molecule has 1 aromatic rings. The number of rotatable bonds is 3. The molecule has 146 valence electrons. The van der Waals surface area contributed by atoms with E-state index in [4.69, 9.17) is 28.0 Å². The van der Waals surface area contributed by atoms with E-state index in [-0.39, 0.29) is 0 Å². The van der Waals surface area contributed by atoms with Crippen molar-refractivity contribution in [3.63, 3.8) is 0 Å². The van der Waals surface area contributed by atoms with E-state index in [0.717, 1.165) is 46.7 Å². The first-order valence-electron chi connectivity index (χ1n) is 8.40. The maximum atomic E-state index is 8.49. The number of nitrogens with zero attached hydrogens (tertiary/aromatic N) is 1. The van der Waals surface area contributed by atoms with Gasteiger partial charge >= 0.3 is 0 Å². The maximum Gasteiger partial charge on any atom is 0.205 e. The van der Waals surface area contributed by atoms with Gasteiger partial charge in [0.1, 0.15) is 17.8 Å². The van der Waals surface area contributed by atoms with Crippen LogP contribution in [-0.2, 0) is 0 Å². The number of fused-ring (bicyclic) bond motifs is 2. The lowest BCUT2D eigenvalue weighted by Gasteiger charge is -2.17. The van der Waals surface area contributed by atoms with Crippen LogP contribution in [0.1, 0.15) is 25.0 Å². The zero-order valence-corrected chi connectivity index (χ0v) is 16.3. The Balaban J connectivity index is 0.000000465. The molecule has 27 heavy (non-hydrogen) atoms. The number of benzene rings is 2. The Morgan fingerprint density at radius 3 is 2.30 bits per heavy atom. The SMILES string of the molecule is CCNc1cc2oc3cc(=[NH+]CC)c(C)cc-3nc2cc1C.[O-][Cl+3]([O-])([O-])[O-]. The number of aromatic nitrogens is 1. The monoisotopic (exact) mass is 395 g/mol. The molecule has 2 N–H and O–H groups in total. The van der Waals surface area contributed by atoms with Crippen LogP contribution >= 0.6 is 0 Å². The fourth-order valence-corrected chi connectivity index (χ4v) is 2.69. The van der Waals surface area contributed by atoms with Gasteiger partial charge in [0.2, 0.25) is 5.36 Å². The molecule has 3 rings (SSSR count). The van der Waals surface area contributed by atoms with Gasteiger partial charge in [0.15, 0.2) is 11.3 Å². The van der Waals surface area contributed by atoms with Crippen molar-refractivity contribution < 1.29 is 38.3 Å². The zero-order valence-electron chi connectivity index (χ0n) is 15.6. The highest BCUT2D eigenvalue weighted by Crippen LogP contribution is 2.28. The predicted octanol–water partition coefficient (Wildman–Crippen LogP) is -2.77. The van der Waals surface area contributed by atoms with Crippen LogP contribution in [0.5, 0.6) is 0 Å². The van der Waals surface area contributed by atoms with Crippen LogP contribution < -0.4 is 34.3 Å². The topological polar surface area (TPSA) is 144 Å². The van der Waals surface area contributed by atoms with Crippen LogP contribution in [0.4, 0.5) is 5.69 Å². The van der Waals surface area contributed by atoms with Crippen LogP contribution in [0.2, 0.25) is 0 Å². The average Bonchev–Trinajstić information content (AvgIpc) is 2.54. The smallest absolute Gasteiger partial charge is 0.205 e. The Hall–Kier alpha value is -2.23. The Kier molecular flexibility index (Phi) is 6.74. The molecule has 0 saturated carbocycles. The molecule has 0 spiro atoms. The van der Waals surface area contributed by atoms with Crippen molar-refractivity contribution >= 4 is 16.8 Å². The maximum absolute atomic E-state index is 8.49. The van der Waals surface area contributed by atoms with Crippen LogP contribution in [0, 0.1) is 24.1 Å². The molecule has 1 aliphatic heterocycles. The predicted molar refractivity (Wildman–Crippen MR) is 88.9 cm³/mol. The normalized spacial score (nSPS) is 12.2. The number of hydrogen-bond acceptors (Lipinski definition) is 7. The lowest BCUT2D eigenvalue weighted by molar-refractivity contribution is -2.00. The molecule has 0 amide bonds. The summed E-state index contributed by atoms with van der Waals surface area (Å²) in [7, 11) is -4.94. The molecule has 1 heterocycles. The van der Waals surface area contributed by atoms with E-state index < -0.39 is 10.2 Å². The van der Waals surface area contributed by atoms with Crippen LogP contribution in [0.15, 0.2) is 28.7 Å². The first kappa shape index (κ1) is 21.1. The van der Waals surface area contributed by atoms with Crippen molar-refractivity contribution in [2.75, 3.05) is 18.4 Å². The van der Waals surface area contributed by atoms with Gasteiger partial charge in [0.25, 0.3) is 0 Å². The summed E-state index contributed by atoms with van der Waals surface area (Å²) in [4.78, 5) is 8.11. The third-order valence-electron chi connectivity index (χ3n) is 3.81. The van der Waals surface area contributed by atoms with Gasteiger partial charge in [-0.2, -0.15) is 0 Å². The molecule has 0 radical (unpaired) electrons. The average molecular weight is 396 g/mol. The minimum atomic E-state index is -4.94. The van der Waals surface area contributed by atoms with Crippen LogP contribution in [0.3, 0.4) is 0 Å². The van der Waals surface area contributed by atoms with Gasteiger partial charge in [-0.3, -0.25) is 0 Å². The quantitative estimate of drug-likeness (QED) is 0.456. The summed E-state index contributed by atoms with van der Waals surface area (Å²) < 4.78 is 40.1. The first-order valence-corrected chi connectivity index (χ1v) is 9.64. The second kappa shape index (κ2) is 8.64. The van der Waals surface area contributed by atoms with Gasteiger partial charge in [-0.1, -0.05) is 0 Å². The van der Waals surface area contributed by atoms with E-state index in [1.807, 2.05) is 12.1 Å². The largest absolute Gasteiger partial charge is 0.452 e. The molecule has 1 aliphatic carbocycles. The molecule has 1 aromatic carbocycles. The van der Waals surface area contributed by atoms with Crippen molar-refractivity contribution in [1.82, 2.24) is 4.98 Å². The minimum Gasteiger partial charge on any atom is -0.452 e. The summed E-state index contributed by atoms with van der Waals surface area (Å²) in [6, 6.07) is 8.22. The molecular formula is C18H22ClN3O5. The van der Waals surface area contributed by atoms with Gasteiger partial charge in [-0.15, -0.1) is 10.2 Å². The summed E-state index contributed by atoms with van der Waals surface area (Å²) >= 11 is 0. The van der Waals surface area contributed by atoms with Crippen LogP contribution in [0.25, 0.3) is 22.6 Å². The number of hydrogen-bond donors (Lipinski definition) is 2. The van der Waals surface area contributed by atoms with Crippen LogP contribution in [-0.4, -0.2) is 18.1 Å². The van der Waals surface area contributed by atoms with Gasteiger partial charge < -0.3 is 9.73 Å². The summed E-state index contributed by atoms with van der Waals surface area (Å²) in [6.07, 6.45) is 0. The second-order valence-corrected chi connectivity index (χ2v) is 6.68. The van der Waals surface area contributed by atoms with E-state index >= 15 is 0 Å². The standard InChI is InChI=1S/C18H21N3O.ClHO4/c1-5-19-13-9-17-15(7-11(13)3)21-16-8-12(4)14(20-6-2)10-18(16)22-17;2-1(3,4)5/h7-10,19H,5-6H2,1-4H3;(H,2,3,4,5). The molecule has 0 saturated heterocycles. The molecule has 0 bridgehead atoms. The number of halogens is 1. The van der Waals surface area contributed by atoms with Gasteiger partial charge in [0, 0.05) is 23.9 Å². The Bertz CT molecular complexity index is 960. The zero-order chi connectivity index (χ0) is 20.2. The third kappa shape index (κ3) is 5.88. The van der Waals surface area contributed by atoms with Gasteiger partial charge in [-0.05, 0) is 45.4 Å². The number of aryl methyl sites for hydroxylation is 2. The molecular weight excluding hydrogens is 374 g/mol. The molecule has 0 aromatic heterocycles. The summed E-state index contributed by atoms with van der Waals surface area (Å²) in [5, 5.41) is 4.45. The lowest BCUT2D eigenvalue weighted by Crippen LogP contribution is -2.76. The molecule has 2 aliphatic rings. The van der Waals surface area contributed by atoms with Crippen molar-refractivity contribution in [2.45, 2.75) is 27.7 Å². The van der Waals surface area contributed by atoms with E-state index in [1.165, 1.54) is 11.1 Å². The summed E-state index contributed by atoms with van der Waals surface area (Å²) in [6.45, 7) is 10.1. The molecule has 8 nitrogen and oxygen atoms in total. The van der Waals surface area contributed by atoms with E-state index in [1.54, 1.807) is 0 Å². The highest BCUT2D eigenvalue weighted by Gasteiger charge is 2.13. The molecule has 0 unspecified atom stereocenters. The Labute approximate surface area is 158 Å². The van der Waals surface area contributed by atoms with E-state index in [9.17, 15) is 0 Å². The highest BCUT2D eigenvalue weighted by atomic mass is 35.7. The van der Waals surface area contributed by atoms with E-state index in [2.05, 4.69) is 50.1 Å². The molecule has 0 atom stereocenters. The second-order valence-electron chi connectivity index (χ2n) is 5.92. The summed E-state index contributed by atoms with van der Waals surface area (Å²) in [5.41, 5.74) is 6.04. The van der Waals surface area contributed by atoms with Crippen molar-refractivity contribution in [3.8, 4) is 11.5 Å². The van der Waals surface area contributed by atoms with Gasteiger partial charge in [0.05, 0.1) is 6.07 Å². The lowest BCUT2D eigenvalue weighted by atomic mass is 10.1. The highest BCUT2D eigenvalue weighted by molar-refractivity contribution is 5.81.